The summed E-state index contributed by atoms with van der Waals surface area (Å²) < 4.78 is 105. The first-order valence-corrected chi connectivity index (χ1v) is 24.0. The van der Waals surface area contributed by atoms with Crippen molar-refractivity contribution in [3.63, 3.8) is 0 Å². The molecule has 6 aliphatic rings. The molecule has 0 aromatic heterocycles. The van der Waals surface area contributed by atoms with Gasteiger partial charge in [-0.15, -0.1) is 20.5 Å². The van der Waals surface area contributed by atoms with Gasteiger partial charge in [-0.3, -0.25) is 0 Å². The number of benzene rings is 6. The van der Waals surface area contributed by atoms with Crippen LogP contribution in [0.25, 0.3) is 0 Å². The molecule has 6 aromatic carbocycles. The largest absolute Gasteiger partial charge is 1.00 e. The van der Waals surface area contributed by atoms with Crippen LogP contribution in [-0.2, 0) is 44.8 Å². The Kier molecular flexibility index (Phi) is 21.2. The molecule has 0 bridgehead atoms. The van der Waals surface area contributed by atoms with E-state index in [4.69, 9.17) is 86.7 Å². The maximum absolute atomic E-state index is 8.49. The Morgan fingerprint density at radius 3 is 0.485 bits per heavy atom. The van der Waals surface area contributed by atoms with E-state index in [1.54, 1.807) is 24.3 Å². The fourth-order valence-corrected chi connectivity index (χ4v) is 13.1. The second-order valence-electron chi connectivity index (χ2n) is 12.8. The molecule has 24 heteroatoms. The van der Waals surface area contributed by atoms with Crippen LogP contribution in [0.2, 0.25) is 0 Å². The Bertz CT molecular complexity index is 2330. The van der Waals surface area contributed by atoms with E-state index >= 15 is 0 Å². The van der Waals surface area contributed by atoms with E-state index in [1.165, 1.54) is 59.5 Å². The van der Waals surface area contributed by atoms with Crippen molar-refractivity contribution >= 4 is 47.7 Å². The second-order valence-corrected chi connectivity index (χ2v) is 18.8. The SMILES string of the molecule is CC#N.CC#N.CC#N.CC#N.[Ag+].[Ag+].[O-][Cl+3]([O-])([O-])[O-].[O-][Cl+3]([O-])([O-])[O-].c1cc2c3c(c1)Oc1cccc4c1[PH+]3c1c(cccc1O4)O2.c1cc2c3c(c1)Oc1cccc4c1[PH+]3c1c(cccc1O4)O2. The fraction of sp³-hybridized carbons (Fsp3) is 0.0909. The normalized spacial score (nSPS) is 12.1. The molecule has 0 N–H and O–H groups in total. The number of halogens is 2. The van der Waals surface area contributed by atoms with E-state index in [-0.39, 0.29) is 44.8 Å². The standard InChI is InChI=1S/2C18H9O3P.4C2H3N.2Ag.2ClHO4/c2*1-4-10-16-11(5-1)20-13-7-3-9-15-18(13)22(16)17-12(19-10)6-2-8-14(17)21-15;4*1-2-3;;;2*2-1(3,4)5/h2*1-9H;4*1H3;;;2*(H,2,3,4,5)/q;;;;;;2*+1;;. The minimum atomic E-state index is -4.94. The Morgan fingerprint density at radius 1 is 0.309 bits per heavy atom. The van der Waals surface area contributed by atoms with Gasteiger partial charge < -0.3 is 28.4 Å². The van der Waals surface area contributed by atoms with Gasteiger partial charge >= 0.3 is 44.8 Å². The Hall–Kier alpha value is -5.32. The summed E-state index contributed by atoms with van der Waals surface area (Å²) in [7, 11) is -12.2. The summed E-state index contributed by atoms with van der Waals surface area (Å²) in [4.78, 5) is 0. The molecule has 68 heavy (non-hydrogen) atoms. The molecule has 0 spiro atoms. The molecule has 6 aliphatic heterocycles. The molecule has 0 fully saturated rings. The summed E-state index contributed by atoms with van der Waals surface area (Å²) >= 11 is 0. The molecule has 356 valence electrons. The third-order valence-electron chi connectivity index (χ3n) is 8.75. The average Bonchev–Trinajstić information content (AvgIpc) is 3.24. The topological polar surface area (TPSA) is 335 Å². The summed E-state index contributed by atoms with van der Waals surface area (Å²) in [6.07, 6.45) is 0. The molecular weight excluding hydrogens is 1160 g/mol. The average molecular weight is 1190 g/mol. The first-order valence-electron chi connectivity index (χ1n) is 18.5. The summed E-state index contributed by atoms with van der Waals surface area (Å²) in [5.41, 5.74) is 0. The monoisotopic (exact) mass is 1190 g/mol. The van der Waals surface area contributed by atoms with Crippen molar-refractivity contribution in [2.75, 3.05) is 0 Å². The predicted octanol–water partition coefficient (Wildman–Crippen LogP) is -0.409. The van der Waals surface area contributed by atoms with Crippen LogP contribution < -0.4 is 97.5 Å². The van der Waals surface area contributed by atoms with E-state index in [1.807, 2.05) is 109 Å². The zero-order chi connectivity index (χ0) is 48.3. The van der Waals surface area contributed by atoms with Crippen molar-refractivity contribution in [1.82, 2.24) is 0 Å². The number of hydrogen-bond donors (Lipinski definition) is 0. The maximum Gasteiger partial charge on any atom is 1.00 e. The molecule has 0 saturated heterocycles. The van der Waals surface area contributed by atoms with Crippen molar-refractivity contribution in [2.45, 2.75) is 27.7 Å². The molecule has 12 rings (SSSR count). The van der Waals surface area contributed by atoms with Crippen LogP contribution in [0.15, 0.2) is 109 Å². The van der Waals surface area contributed by atoms with Crippen molar-refractivity contribution < 1.29 is 131 Å². The molecule has 0 saturated carbocycles. The van der Waals surface area contributed by atoms with Crippen molar-refractivity contribution in [3.8, 4) is 93.3 Å². The fourth-order valence-electron chi connectivity index (χ4n) is 7.03. The molecule has 0 amide bonds. The molecular formula is C44H32Ag2Cl2N4O14P2+2. The first-order chi connectivity index (χ1) is 31.5. The summed E-state index contributed by atoms with van der Waals surface area (Å²) in [6.45, 7) is 5.72. The van der Waals surface area contributed by atoms with Gasteiger partial charge in [-0.25, -0.2) is 37.3 Å². The third-order valence-corrected chi connectivity index (χ3v) is 14.7. The number of nitriles is 4. The van der Waals surface area contributed by atoms with Crippen LogP contribution >= 0.6 is 15.8 Å². The van der Waals surface area contributed by atoms with Crippen LogP contribution in [0.1, 0.15) is 27.7 Å². The maximum atomic E-state index is 8.49. The third kappa shape index (κ3) is 13.5. The molecule has 0 atom stereocenters. The summed E-state index contributed by atoms with van der Waals surface area (Å²) in [6, 6.07) is 43.2. The molecule has 0 radical (unpaired) electrons. The Morgan fingerprint density at radius 2 is 0.397 bits per heavy atom. The van der Waals surface area contributed by atoms with Gasteiger partial charge in [0.15, 0.2) is 101 Å². The van der Waals surface area contributed by atoms with Gasteiger partial charge in [0.1, 0.15) is 15.8 Å². The molecule has 6 aromatic rings. The zero-order valence-electron chi connectivity index (χ0n) is 35.3. The summed E-state index contributed by atoms with van der Waals surface area (Å²) in [5, 5.41) is 36.5. The van der Waals surface area contributed by atoms with E-state index in [0.717, 1.165) is 69.0 Å². The van der Waals surface area contributed by atoms with E-state index < -0.39 is 36.3 Å². The van der Waals surface area contributed by atoms with Crippen LogP contribution in [0.3, 0.4) is 0 Å². The minimum absolute atomic E-state index is 0. The molecule has 0 aliphatic carbocycles. The molecule has 0 unspecified atom stereocenters. The zero-order valence-corrected chi connectivity index (χ0v) is 41.7. The predicted molar refractivity (Wildman–Crippen MR) is 219 cm³/mol. The number of ether oxygens (including phenoxy) is 6. The first kappa shape index (κ1) is 57.0. The second kappa shape index (κ2) is 25.3. The smallest absolute Gasteiger partial charge is 0.449 e. The van der Waals surface area contributed by atoms with E-state index in [2.05, 4.69) is 0 Å². The van der Waals surface area contributed by atoms with E-state index in [9.17, 15) is 0 Å². The van der Waals surface area contributed by atoms with Crippen LogP contribution in [0.5, 0.6) is 69.0 Å². The molecule has 6 heterocycles. The van der Waals surface area contributed by atoms with Gasteiger partial charge in [0.05, 0.1) is 24.3 Å². The van der Waals surface area contributed by atoms with Gasteiger partial charge in [0.2, 0.25) is 0 Å². The van der Waals surface area contributed by atoms with Gasteiger partial charge in [-0.2, -0.15) is 21.0 Å². The van der Waals surface area contributed by atoms with Gasteiger partial charge in [0, 0.05) is 27.7 Å². The van der Waals surface area contributed by atoms with Crippen molar-refractivity contribution in [2.24, 2.45) is 0 Å². The summed E-state index contributed by atoms with van der Waals surface area (Å²) in [5.74, 6) is 11.0. The quantitative estimate of drug-likeness (QED) is 0.138. The number of hydrogen-bond acceptors (Lipinski definition) is 18. The van der Waals surface area contributed by atoms with Gasteiger partial charge in [-0.05, 0) is 72.8 Å². The molecule has 18 nitrogen and oxygen atoms in total. The minimum Gasteiger partial charge on any atom is -0.449 e. The van der Waals surface area contributed by atoms with Crippen molar-refractivity contribution in [3.05, 3.63) is 109 Å². The Balaban J connectivity index is 0.000000249. The van der Waals surface area contributed by atoms with E-state index in [0.29, 0.717) is 0 Å². The van der Waals surface area contributed by atoms with Crippen LogP contribution in [0, 0.1) is 65.8 Å². The number of nitrogens with zero attached hydrogens (tertiary/aromatic N) is 4. The van der Waals surface area contributed by atoms with Crippen molar-refractivity contribution in [1.29, 1.82) is 21.0 Å². The van der Waals surface area contributed by atoms with Gasteiger partial charge in [-0.1, -0.05) is 36.4 Å². The van der Waals surface area contributed by atoms with Gasteiger partial charge in [0.25, 0.3) is 0 Å². The Labute approximate surface area is 426 Å². The number of rotatable bonds is 0. The van der Waals surface area contributed by atoms with Crippen LogP contribution in [-0.4, -0.2) is 0 Å². The van der Waals surface area contributed by atoms with Crippen LogP contribution in [0.4, 0.5) is 0 Å².